The first-order valence-corrected chi connectivity index (χ1v) is 8.55. The van der Waals surface area contributed by atoms with Crippen molar-refractivity contribution < 1.29 is 4.79 Å². The molecule has 0 aliphatic heterocycles. The third-order valence-electron chi connectivity index (χ3n) is 3.51. The number of hydrogen-bond acceptors (Lipinski definition) is 4. The van der Waals surface area contributed by atoms with Crippen molar-refractivity contribution in [3.05, 3.63) is 10.6 Å². The van der Waals surface area contributed by atoms with Gasteiger partial charge in [0, 0.05) is 10.9 Å². The number of halogens is 1. The number of nitrogens with one attached hydrogen (secondary N) is 1. The van der Waals surface area contributed by atoms with Gasteiger partial charge in [0.2, 0.25) is 0 Å². The molecule has 1 N–H and O–H groups in total. The fourth-order valence-electron chi connectivity index (χ4n) is 2.39. The van der Waals surface area contributed by atoms with Crippen molar-refractivity contribution in [1.29, 1.82) is 0 Å². The first kappa shape index (κ1) is 14.9. The van der Waals surface area contributed by atoms with Gasteiger partial charge in [0.05, 0.1) is 5.69 Å². The van der Waals surface area contributed by atoms with Crippen molar-refractivity contribution in [2.45, 2.75) is 62.7 Å². The lowest BCUT2D eigenvalue weighted by atomic mass is 10.1. The van der Waals surface area contributed by atoms with Crippen molar-refractivity contribution in [3.8, 4) is 0 Å². The molecule has 1 saturated carbocycles. The van der Waals surface area contributed by atoms with Crippen LogP contribution in [0.3, 0.4) is 0 Å². The molecule has 2 unspecified atom stereocenters. The van der Waals surface area contributed by atoms with E-state index in [1.165, 1.54) is 30.8 Å². The Morgan fingerprint density at radius 3 is 2.84 bits per heavy atom. The van der Waals surface area contributed by atoms with Crippen LogP contribution in [0.15, 0.2) is 0 Å². The summed E-state index contributed by atoms with van der Waals surface area (Å²) in [7, 11) is 0. The Hall–Kier alpha value is -0.490. The van der Waals surface area contributed by atoms with E-state index < -0.39 is 0 Å². The van der Waals surface area contributed by atoms with Crippen molar-refractivity contribution in [2.75, 3.05) is 0 Å². The first-order chi connectivity index (χ1) is 9.09. The highest BCUT2D eigenvalue weighted by Crippen LogP contribution is 2.25. The van der Waals surface area contributed by atoms with Crippen molar-refractivity contribution in [1.82, 2.24) is 14.9 Å². The van der Waals surface area contributed by atoms with Gasteiger partial charge in [0.15, 0.2) is 0 Å². The Morgan fingerprint density at radius 2 is 2.11 bits per heavy atom. The number of carbonyl (C=O) groups is 1. The van der Waals surface area contributed by atoms with E-state index in [4.69, 9.17) is 0 Å². The molecule has 106 valence electrons. The maximum absolute atomic E-state index is 12.4. The minimum Gasteiger partial charge on any atom is -0.347 e. The van der Waals surface area contributed by atoms with E-state index in [0.717, 1.165) is 18.5 Å². The number of amides is 1. The highest BCUT2D eigenvalue weighted by molar-refractivity contribution is 9.09. The molecule has 1 aliphatic rings. The molecule has 0 bridgehead atoms. The summed E-state index contributed by atoms with van der Waals surface area (Å²) in [5, 5.41) is 7.21. The minimum atomic E-state index is -0.0185. The second-order valence-electron chi connectivity index (χ2n) is 5.38. The van der Waals surface area contributed by atoms with Crippen molar-refractivity contribution in [2.24, 2.45) is 0 Å². The Kier molecular flexibility index (Phi) is 5.33. The van der Waals surface area contributed by atoms with Crippen LogP contribution in [-0.4, -0.2) is 26.4 Å². The monoisotopic (exact) mass is 345 g/mol. The molecule has 0 saturated heterocycles. The maximum atomic E-state index is 12.4. The molecule has 4 nitrogen and oxygen atoms in total. The topological polar surface area (TPSA) is 54.9 Å². The average molecular weight is 346 g/mol. The molecule has 2 atom stereocenters. The van der Waals surface area contributed by atoms with E-state index >= 15 is 0 Å². The van der Waals surface area contributed by atoms with E-state index in [0.29, 0.717) is 9.70 Å². The molecule has 6 heteroatoms. The van der Waals surface area contributed by atoms with Gasteiger partial charge in [-0.05, 0) is 30.3 Å². The molecule has 0 spiro atoms. The fraction of sp³-hybridized carbons (Fsp3) is 0.769. The van der Waals surface area contributed by atoms with E-state index in [1.807, 2.05) is 13.8 Å². The second-order valence-corrected chi connectivity index (χ2v) is 7.31. The maximum Gasteiger partial charge on any atom is 0.265 e. The van der Waals surface area contributed by atoms with Crippen LogP contribution >= 0.6 is 27.5 Å². The molecule has 1 aromatic rings. The second kappa shape index (κ2) is 6.79. The van der Waals surface area contributed by atoms with E-state index in [1.54, 1.807) is 0 Å². The van der Waals surface area contributed by atoms with Crippen LogP contribution in [0.1, 0.15) is 67.2 Å². The summed E-state index contributed by atoms with van der Waals surface area (Å²) in [4.78, 5) is 13.4. The SMILES string of the molecule is CC(C)c1nnsc1C(=O)NC1CCCCCC1Br. The van der Waals surface area contributed by atoms with Crippen LogP contribution in [0.2, 0.25) is 0 Å². The summed E-state index contributed by atoms with van der Waals surface area (Å²) in [6.07, 6.45) is 5.86. The van der Waals surface area contributed by atoms with Crippen LogP contribution < -0.4 is 5.32 Å². The molecule has 19 heavy (non-hydrogen) atoms. The van der Waals surface area contributed by atoms with Crippen molar-refractivity contribution in [3.63, 3.8) is 0 Å². The molecule has 1 heterocycles. The number of aromatic nitrogens is 2. The van der Waals surface area contributed by atoms with Gasteiger partial charge < -0.3 is 5.32 Å². The number of rotatable bonds is 3. The number of nitrogens with zero attached hydrogens (tertiary/aromatic N) is 2. The molecule has 1 fully saturated rings. The van der Waals surface area contributed by atoms with E-state index in [9.17, 15) is 4.79 Å². The third-order valence-corrected chi connectivity index (χ3v) is 5.35. The Morgan fingerprint density at radius 1 is 1.37 bits per heavy atom. The quantitative estimate of drug-likeness (QED) is 0.673. The van der Waals surface area contributed by atoms with Crippen molar-refractivity contribution >= 4 is 33.4 Å². The standard InChI is InChI=1S/C13H20BrN3OS/c1-8(2)11-12(19-17-16-11)13(18)15-10-7-5-3-4-6-9(10)14/h8-10H,3-7H2,1-2H3,(H,15,18). The number of carbonyl (C=O) groups excluding carboxylic acids is 1. The summed E-state index contributed by atoms with van der Waals surface area (Å²) in [5.74, 6) is 0.212. The predicted molar refractivity (Wildman–Crippen MR) is 81.1 cm³/mol. The van der Waals surface area contributed by atoms with Gasteiger partial charge in [-0.1, -0.05) is 53.5 Å². The molecule has 0 aromatic carbocycles. The Labute approximate surface area is 126 Å². The van der Waals surface area contributed by atoms with Gasteiger partial charge >= 0.3 is 0 Å². The summed E-state index contributed by atoms with van der Waals surface area (Å²) in [6, 6.07) is 0.220. The highest BCUT2D eigenvalue weighted by Gasteiger charge is 2.26. The Balaban J connectivity index is 2.05. The fourth-order valence-corrected chi connectivity index (χ4v) is 3.83. The van der Waals surface area contributed by atoms with Gasteiger partial charge in [0.25, 0.3) is 5.91 Å². The summed E-state index contributed by atoms with van der Waals surface area (Å²) < 4.78 is 3.91. The normalized spacial score (nSPS) is 24.2. The molecule has 1 amide bonds. The van der Waals surface area contributed by atoms with Crippen LogP contribution in [0.5, 0.6) is 0 Å². The molecule has 0 radical (unpaired) electrons. The lowest BCUT2D eigenvalue weighted by Gasteiger charge is -2.21. The molecule has 1 aromatic heterocycles. The Bertz CT molecular complexity index is 435. The zero-order valence-electron chi connectivity index (χ0n) is 11.4. The van der Waals surface area contributed by atoms with Gasteiger partial charge in [-0.15, -0.1) is 5.10 Å². The first-order valence-electron chi connectivity index (χ1n) is 6.86. The van der Waals surface area contributed by atoms with E-state index in [2.05, 4.69) is 30.8 Å². The largest absolute Gasteiger partial charge is 0.347 e. The zero-order chi connectivity index (χ0) is 13.8. The van der Waals surface area contributed by atoms with Gasteiger partial charge in [0.1, 0.15) is 4.88 Å². The lowest BCUT2D eigenvalue weighted by molar-refractivity contribution is 0.0937. The van der Waals surface area contributed by atoms with Crippen LogP contribution in [0, 0.1) is 0 Å². The summed E-state index contributed by atoms with van der Waals surface area (Å²) >= 11 is 4.89. The van der Waals surface area contributed by atoms with Gasteiger partial charge in [-0.3, -0.25) is 4.79 Å². The smallest absolute Gasteiger partial charge is 0.265 e. The number of hydrogen-bond donors (Lipinski definition) is 1. The lowest BCUT2D eigenvalue weighted by Crippen LogP contribution is -2.40. The summed E-state index contributed by atoms with van der Waals surface area (Å²) in [5.41, 5.74) is 0.808. The molecule has 1 aliphatic carbocycles. The van der Waals surface area contributed by atoms with Crippen LogP contribution in [0.4, 0.5) is 0 Å². The summed E-state index contributed by atoms with van der Waals surface area (Å²) in [6.45, 7) is 4.07. The van der Waals surface area contributed by atoms with Gasteiger partial charge in [-0.25, -0.2) is 0 Å². The third kappa shape index (κ3) is 3.75. The van der Waals surface area contributed by atoms with Crippen LogP contribution in [-0.2, 0) is 0 Å². The number of alkyl halides is 1. The van der Waals surface area contributed by atoms with Gasteiger partial charge in [-0.2, -0.15) is 0 Å². The highest BCUT2D eigenvalue weighted by atomic mass is 79.9. The molecular formula is C13H20BrN3OS. The predicted octanol–water partition coefficient (Wildman–Crippen LogP) is 3.49. The molecule has 2 rings (SSSR count). The average Bonchev–Trinajstić information content (AvgIpc) is 2.78. The van der Waals surface area contributed by atoms with Crippen LogP contribution in [0.25, 0.3) is 0 Å². The minimum absolute atomic E-state index is 0.0185. The molecular weight excluding hydrogens is 326 g/mol. The van der Waals surface area contributed by atoms with E-state index in [-0.39, 0.29) is 17.9 Å². The zero-order valence-corrected chi connectivity index (χ0v) is 13.8.